The van der Waals surface area contributed by atoms with Gasteiger partial charge in [-0.2, -0.15) is 0 Å². The third kappa shape index (κ3) is 3.17. The van der Waals surface area contributed by atoms with Crippen LogP contribution >= 0.6 is 15.9 Å². The summed E-state index contributed by atoms with van der Waals surface area (Å²) in [5, 5.41) is 17.3. The Labute approximate surface area is 193 Å². The highest BCUT2D eigenvalue weighted by Gasteiger charge is 2.47. The van der Waals surface area contributed by atoms with E-state index < -0.39 is 35.1 Å². The van der Waals surface area contributed by atoms with E-state index in [-0.39, 0.29) is 0 Å². The standard InChI is InChI=1S/C26H21BrO5/c1-13(28)31-25-21-18-10-6-5-9-17(18)19-12-11-15-7-3-4-8-16(15)20(19)22(21)24(30)23(27)26(25)32-14(2)29/h3-12,23-26,30H,1-2H3/t23-,24+,25-,26-/m0/s1. The highest BCUT2D eigenvalue weighted by Crippen LogP contribution is 2.51. The van der Waals surface area contributed by atoms with Crippen LogP contribution in [0.25, 0.3) is 32.3 Å². The third-order valence-corrected chi connectivity index (χ3v) is 7.11. The maximum absolute atomic E-state index is 12.1. The first-order chi connectivity index (χ1) is 15.4. The smallest absolute Gasteiger partial charge is 0.303 e. The highest BCUT2D eigenvalue weighted by molar-refractivity contribution is 9.09. The largest absolute Gasteiger partial charge is 0.457 e. The minimum absolute atomic E-state index is 0.490. The molecule has 0 spiro atoms. The van der Waals surface area contributed by atoms with Gasteiger partial charge in [0.15, 0.2) is 12.2 Å². The van der Waals surface area contributed by atoms with Crippen LogP contribution in [0.15, 0.2) is 60.7 Å². The first-order valence-corrected chi connectivity index (χ1v) is 11.3. The van der Waals surface area contributed by atoms with Gasteiger partial charge >= 0.3 is 11.9 Å². The van der Waals surface area contributed by atoms with Gasteiger partial charge < -0.3 is 14.6 Å². The second-order valence-electron chi connectivity index (χ2n) is 8.08. The van der Waals surface area contributed by atoms with E-state index in [9.17, 15) is 14.7 Å². The summed E-state index contributed by atoms with van der Waals surface area (Å²) in [6.45, 7) is 2.63. The Hall–Kier alpha value is -2.96. The fourth-order valence-electron chi connectivity index (χ4n) is 4.93. The van der Waals surface area contributed by atoms with Gasteiger partial charge in [0.1, 0.15) is 0 Å². The zero-order valence-electron chi connectivity index (χ0n) is 17.5. The third-order valence-electron chi connectivity index (χ3n) is 6.09. The average molecular weight is 493 g/mol. The zero-order chi connectivity index (χ0) is 22.6. The molecular formula is C26H21BrO5. The summed E-state index contributed by atoms with van der Waals surface area (Å²) >= 11 is 3.54. The van der Waals surface area contributed by atoms with Crippen molar-refractivity contribution < 1.29 is 24.2 Å². The average Bonchev–Trinajstić information content (AvgIpc) is 2.78. The molecule has 0 bridgehead atoms. The monoisotopic (exact) mass is 492 g/mol. The summed E-state index contributed by atoms with van der Waals surface area (Å²) in [6.07, 6.45) is -2.73. The minimum Gasteiger partial charge on any atom is -0.457 e. The van der Waals surface area contributed by atoms with Crippen LogP contribution in [0, 0.1) is 0 Å². The quantitative estimate of drug-likeness (QED) is 0.227. The van der Waals surface area contributed by atoms with Gasteiger partial charge in [-0.15, -0.1) is 0 Å². The van der Waals surface area contributed by atoms with E-state index in [1.165, 1.54) is 13.8 Å². The van der Waals surface area contributed by atoms with Gasteiger partial charge in [0.2, 0.25) is 0 Å². The molecule has 5 rings (SSSR count). The second kappa shape index (κ2) is 7.87. The molecule has 4 aromatic carbocycles. The van der Waals surface area contributed by atoms with Crippen LogP contribution in [0.1, 0.15) is 37.2 Å². The number of fused-ring (bicyclic) bond motifs is 8. The van der Waals surface area contributed by atoms with E-state index in [1.54, 1.807) is 0 Å². The van der Waals surface area contributed by atoms with E-state index in [2.05, 4.69) is 28.1 Å². The molecule has 0 unspecified atom stereocenters. The molecule has 1 aliphatic carbocycles. The van der Waals surface area contributed by atoms with Gasteiger partial charge in [-0.25, -0.2) is 0 Å². The summed E-state index contributed by atoms with van der Waals surface area (Å²) in [6, 6.07) is 20.0. The van der Waals surface area contributed by atoms with E-state index >= 15 is 0 Å². The lowest BCUT2D eigenvalue weighted by Crippen LogP contribution is -2.43. The number of carbonyl (C=O) groups excluding carboxylic acids is 2. The molecule has 0 radical (unpaired) electrons. The Balaban J connectivity index is 1.98. The number of ether oxygens (including phenoxy) is 2. The van der Waals surface area contributed by atoms with Gasteiger partial charge in [0, 0.05) is 19.4 Å². The maximum Gasteiger partial charge on any atom is 0.303 e. The molecule has 6 heteroatoms. The number of rotatable bonds is 2. The number of aliphatic hydroxyl groups excluding tert-OH is 1. The number of aliphatic hydroxyl groups is 1. The molecule has 32 heavy (non-hydrogen) atoms. The van der Waals surface area contributed by atoms with Crippen LogP contribution in [0.3, 0.4) is 0 Å². The van der Waals surface area contributed by atoms with Crippen LogP contribution in [0.4, 0.5) is 0 Å². The number of halogens is 1. The molecule has 1 N–H and O–H groups in total. The van der Waals surface area contributed by atoms with Crippen molar-refractivity contribution >= 4 is 60.2 Å². The molecule has 4 aromatic rings. The Kier molecular flexibility index (Phi) is 5.14. The second-order valence-corrected chi connectivity index (χ2v) is 9.13. The summed E-state index contributed by atoms with van der Waals surface area (Å²) in [4.78, 5) is 23.3. The van der Waals surface area contributed by atoms with E-state index in [1.807, 2.05) is 48.5 Å². The van der Waals surface area contributed by atoms with Crippen LogP contribution < -0.4 is 0 Å². The molecule has 0 saturated carbocycles. The normalized spacial score (nSPS) is 22.6. The fourth-order valence-corrected chi connectivity index (χ4v) is 5.58. The lowest BCUT2D eigenvalue weighted by Gasteiger charge is -2.40. The van der Waals surface area contributed by atoms with Crippen molar-refractivity contribution in [2.24, 2.45) is 0 Å². The van der Waals surface area contributed by atoms with Crippen LogP contribution in [0.5, 0.6) is 0 Å². The van der Waals surface area contributed by atoms with Crippen LogP contribution in [-0.2, 0) is 19.1 Å². The number of hydrogen-bond donors (Lipinski definition) is 1. The first-order valence-electron chi connectivity index (χ1n) is 10.4. The minimum atomic E-state index is -0.987. The van der Waals surface area contributed by atoms with Gasteiger partial charge in [-0.05, 0) is 37.9 Å². The number of hydrogen-bond acceptors (Lipinski definition) is 5. The van der Waals surface area contributed by atoms with Gasteiger partial charge in [-0.3, -0.25) is 9.59 Å². The predicted octanol–water partition coefficient (Wildman–Crippen LogP) is 5.49. The summed E-state index contributed by atoms with van der Waals surface area (Å²) in [5.41, 5.74) is 1.36. The Bertz CT molecular complexity index is 1400. The molecule has 0 saturated heterocycles. The van der Waals surface area contributed by atoms with E-state index in [0.717, 1.165) is 32.3 Å². The Morgan fingerprint density at radius 2 is 1.41 bits per heavy atom. The predicted molar refractivity (Wildman–Crippen MR) is 127 cm³/mol. The molecule has 0 aliphatic heterocycles. The summed E-state index contributed by atoms with van der Waals surface area (Å²) in [7, 11) is 0. The van der Waals surface area contributed by atoms with Crippen LogP contribution in [-0.4, -0.2) is 28.0 Å². The van der Waals surface area contributed by atoms with Gasteiger partial charge in [0.05, 0.1) is 10.9 Å². The molecule has 0 heterocycles. The van der Waals surface area contributed by atoms with Crippen molar-refractivity contribution in [1.29, 1.82) is 0 Å². The summed E-state index contributed by atoms with van der Waals surface area (Å²) < 4.78 is 11.3. The maximum atomic E-state index is 12.1. The zero-order valence-corrected chi connectivity index (χ0v) is 19.1. The Morgan fingerprint density at radius 3 is 2.09 bits per heavy atom. The van der Waals surface area contributed by atoms with E-state index in [0.29, 0.717) is 11.1 Å². The SMILES string of the molecule is CC(=O)O[C@H]1[C@@H](Br)[C@H](O)c2c(c3ccccc3c3ccc4ccccc4c23)[C@@H]1OC(C)=O. The summed E-state index contributed by atoms with van der Waals surface area (Å²) in [5.74, 6) is -1.00. The molecule has 0 amide bonds. The number of alkyl halides is 1. The topological polar surface area (TPSA) is 72.8 Å². The molecule has 4 atom stereocenters. The van der Waals surface area contributed by atoms with Gasteiger partial charge in [-0.1, -0.05) is 76.6 Å². The van der Waals surface area contributed by atoms with Crippen molar-refractivity contribution in [1.82, 2.24) is 0 Å². The van der Waals surface area contributed by atoms with Crippen molar-refractivity contribution in [3.63, 3.8) is 0 Å². The van der Waals surface area contributed by atoms with Crippen LogP contribution in [0.2, 0.25) is 0 Å². The van der Waals surface area contributed by atoms with Crippen molar-refractivity contribution in [3.05, 3.63) is 71.8 Å². The molecule has 162 valence electrons. The van der Waals surface area contributed by atoms with Crippen molar-refractivity contribution in [2.75, 3.05) is 0 Å². The highest BCUT2D eigenvalue weighted by atomic mass is 79.9. The molecule has 0 aromatic heterocycles. The molecule has 5 nitrogen and oxygen atoms in total. The first kappa shape index (κ1) is 20.9. The lowest BCUT2D eigenvalue weighted by molar-refractivity contribution is -0.169. The number of benzene rings is 4. The van der Waals surface area contributed by atoms with Crippen molar-refractivity contribution in [3.8, 4) is 0 Å². The number of carbonyl (C=O) groups is 2. The number of esters is 2. The van der Waals surface area contributed by atoms with Gasteiger partial charge in [0.25, 0.3) is 0 Å². The van der Waals surface area contributed by atoms with E-state index in [4.69, 9.17) is 9.47 Å². The fraction of sp³-hybridized carbons (Fsp3) is 0.231. The van der Waals surface area contributed by atoms with Crippen molar-refractivity contribution in [2.45, 2.75) is 37.0 Å². The lowest BCUT2D eigenvalue weighted by atomic mass is 9.78. The molecule has 0 fully saturated rings. The molecular weight excluding hydrogens is 472 g/mol. The Morgan fingerprint density at radius 1 is 0.781 bits per heavy atom. The molecule has 1 aliphatic rings.